The lowest BCUT2D eigenvalue weighted by molar-refractivity contribution is 0.0109. The molecule has 1 aromatic carbocycles. The van der Waals surface area contributed by atoms with Gasteiger partial charge in [-0.2, -0.15) is 0 Å². The highest BCUT2D eigenvalue weighted by Crippen LogP contribution is 2.23. The number of hydrogen-bond acceptors (Lipinski definition) is 10. The molecule has 0 heterocycles. The van der Waals surface area contributed by atoms with Gasteiger partial charge in [-0.25, -0.2) is 4.79 Å². The Labute approximate surface area is 202 Å². The Morgan fingerprint density at radius 1 is 0.559 bits per heavy atom. The Hall–Kier alpha value is -1.95. The fourth-order valence-corrected chi connectivity index (χ4v) is 2.58. The Bertz CT molecular complexity index is 584. The van der Waals surface area contributed by atoms with Crippen LogP contribution in [0, 0.1) is 0 Å². The van der Waals surface area contributed by atoms with Crippen LogP contribution < -0.4 is 9.47 Å². The second-order valence-corrected chi connectivity index (χ2v) is 6.72. The number of methoxy groups -OCH3 is 1. The molecular formula is C24H40O10. The molecule has 34 heavy (non-hydrogen) atoms. The molecule has 0 amide bonds. The highest BCUT2D eigenvalue weighted by atomic mass is 16.6. The van der Waals surface area contributed by atoms with Gasteiger partial charge in [0.25, 0.3) is 0 Å². The molecule has 196 valence electrons. The van der Waals surface area contributed by atoms with Crippen molar-refractivity contribution < 1.29 is 47.4 Å². The fraction of sp³-hybridized carbons (Fsp3) is 0.708. The van der Waals surface area contributed by atoms with Crippen LogP contribution >= 0.6 is 0 Å². The summed E-state index contributed by atoms with van der Waals surface area (Å²) >= 11 is 0. The quantitative estimate of drug-likeness (QED) is 0.169. The SMILES string of the molecule is CCOCCOCCOCCOc1cc(OCCOCCOCCOCC)cc(C(=O)OC)c1. The van der Waals surface area contributed by atoms with Crippen molar-refractivity contribution in [3.63, 3.8) is 0 Å². The molecule has 1 aromatic rings. The maximum atomic E-state index is 12.0. The molecule has 0 aromatic heterocycles. The molecule has 0 fully saturated rings. The molecule has 0 saturated carbocycles. The molecule has 10 heteroatoms. The average Bonchev–Trinajstić information content (AvgIpc) is 2.85. The highest BCUT2D eigenvalue weighted by molar-refractivity contribution is 5.90. The summed E-state index contributed by atoms with van der Waals surface area (Å²) in [4.78, 5) is 12.0. The summed E-state index contributed by atoms with van der Waals surface area (Å²) in [6.07, 6.45) is 0. The van der Waals surface area contributed by atoms with Gasteiger partial charge in [-0.15, -0.1) is 0 Å². The molecule has 0 N–H and O–H groups in total. The van der Waals surface area contributed by atoms with Gasteiger partial charge in [-0.3, -0.25) is 0 Å². The van der Waals surface area contributed by atoms with E-state index in [1.807, 2.05) is 13.8 Å². The van der Waals surface area contributed by atoms with E-state index in [0.29, 0.717) is 110 Å². The standard InChI is InChI=1S/C24H40O10/c1-4-27-6-8-29-10-12-31-14-16-33-22-18-21(24(25)26-3)19-23(20-22)34-17-15-32-13-11-30-9-7-28-5-2/h18-20H,4-17H2,1-3H3. The second-order valence-electron chi connectivity index (χ2n) is 6.72. The predicted molar refractivity (Wildman–Crippen MR) is 125 cm³/mol. The Morgan fingerprint density at radius 3 is 1.26 bits per heavy atom. The van der Waals surface area contributed by atoms with Gasteiger partial charge in [0, 0.05) is 19.3 Å². The molecule has 0 spiro atoms. The van der Waals surface area contributed by atoms with Crippen LogP contribution in [0.4, 0.5) is 0 Å². The first kappa shape index (κ1) is 30.1. The molecule has 0 aliphatic heterocycles. The van der Waals surface area contributed by atoms with E-state index >= 15 is 0 Å². The lowest BCUT2D eigenvalue weighted by Gasteiger charge is -2.12. The minimum atomic E-state index is -0.476. The summed E-state index contributed by atoms with van der Waals surface area (Å²) < 4.78 is 48.3. The van der Waals surface area contributed by atoms with Gasteiger partial charge in [0.05, 0.1) is 78.7 Å². The number of carbonyl (C=O) groups excluding carboxylic acids is 1. The van der Waals surface area contributed by atoms with Gasteiger partial charge in [0.15, 0.2) is 0 Å². The van der Waals surface area contributed by atoms with Gasteiger partial charge in [0.1, 0.15) is 24.7 Å². The number of carbonyl (C=O) groups is 1. The first-order valence-electron chi connectivity index (χ1n) is 11.7. The van der Waals surface area contributed by atoms with E-state index in [1.165, 1.54) is 7.11 Å². The lowest BCUT2D eigenvalue weighted by Crippen LogP contribution is -2.13. The normalized spacial score (nSPS) is 10.9. The minimum Gasteiger partial charge on any atom is -0.491 e. The molecule has 0 aliphatic carbocycles. The van der Waals surface area contributed by atoms with Crippen molar-refractivity contribution >= 4 is 5.97 Å². The van der Waals surface area contributed by atoms with Gasteiger partial charge in [-0.1, -0.05) is 0 Å². The van der Waals surface area contributed by atoms with E-state index in [1.54, 1.807) is 18.2 Å². The van der Waals surface area contributed by atoms with Crippen molar-refractivity contribution in [2.45, 2.75) is 13.8 Å². The van der Waals surface area contributed by atoms with Gasteiger partial charge in [0.2, 0.25) is 0 Å². The van der Waals surface area contributed by atoms with Crippen LogP contribution in [0.2, 0.25) is 0 Å². The second kappa shape index (κ2) is 21.6. The molecular weight excluding hydrogens is 448 g/mol. The van der Waals surface area contributed by atoms with E-state index in [0.717, 1.165) is 0 Å². The maximum absolute atomic E-state index is 12.0. The summed E-state index contributed by atoms with van der Waals surface area (Å²) in [5.74, 6) is 0.493. The van der Waals surface area contributed by atoms with Crippen molar-refractivity contribution in [2.75, 3.05) is 99.6 Å². The predicted octanol–water partition coefficient (Wildman–Crippen LogP) is 2.37. The van der Waals surface area contributed by atoms with E-state index in [9.17, 15) is 4.79 Å². The van der Waals surface area contributed by atoms with Crippen LogP contribution in [-0.4, -0.2) is 106 Å². The molecule has 10 nitrogen and oxygen atoms in total. The summed E-state index contributed by atoms with van der Waals surface area (Å²) in [5, 5.41) is 0. The lowest BCUT2D eigenvalue weighted by atomic mass is 10.2. The van der Waals surface area contributed by atoms with Crippen molar-refractivity contribution in [1.82, 2.24) is 0 Å². The topological polar surface area (TPSA) is 100 Å². The summed E-state index contributed by atoms with van der Waals surface area (Å²) in [6.45, 7) is 10.8. The maximum Gasteiger partial charge on any atom is 0.338 e. The molecule has 0 unspecified atom stereocenters. The van der Waals surface area contributed by atoms with Crippen molar-refractivity contribution in [3.8, 4) is 11.5 Å². The third kappa shape index (κ3) is 15.8. The van der Waals surface area contributed by atoms with Gasteiger partial charge in [-0.05, 0) is 26.0 Å². The van der Waals surface area contributed by atoms with Gasteiger partial charge < -0.3 is 42.6 Å². The Kier molecular flexibility index (Phi) is 19.1. The van der Waals surface area contributed by atoms with Crippen molar-refractivity contribution in [1.29, 1.82) is 0 Å². The van der Waals surface area contributed by atoms with Crippen LogP contribution in [0.5, 0.6) is 11.5 Å². The first-order valence-corrected chi connectivity index (χ1v) is 11.7. The molecule has 0 aliphatic rings. The van der Waals surface area contributed by atoms with Gasteiger partial charge >= 0.3 is 5.97 Å². The monoisotopic (exact) mass is 488 g/mol. The van der Waals surface area contributed by atoms with Crippen LogP contribution in [0.3, 0.4) is 0 Å². The fourth-order valence-electron chi connectivity index (χ4n) is 2.58. The molecule has 1 rings (SSSR count). The van der Waals surface area contributed by atoms with E-state index in [4.69, 9.17) is 42.6 Å². The first-order chi connectivity index (χ1) is 16.7. The van der Waals surface area contributed by atoms with Crippen molar-refractivity contribution in [3.05, 3.63) is 23.8 Å². The average molecular weight is 489 g/mol. The van der Waals surface area contributed by atoms with E-state index in [-0.39, 0.29) is 0 Å². The molecule has 0 radical (unpaired) electrons. The summed E-state index contributed by atoms with van der Waals surface area (Å²) in [5.41, 5.74) is 0.335. The zero-order valence-corrected chi connectivity index (χ0v) is 20.7. The Morgan fingerprint density at radius 2 is 0.912 bits per heavy atom. The number of hydrogen-bond donors (Lipinski definition) is 0. The smallest absolute Gasteiger partial charge is 0.338 e. The van der Waals surface area contributed by atoms with E-state index in [2.05, 4.69) is 0 Å². The molecule has 0 saturated heterocycles. The molecule has 0 bridgehead atoms. The largest absolute Gasteiger partial charge is 0.491 e. The zero-order chi connectivity index (χ0) is 24.7. The number of rotatable bonds is 23. The van der Waals surface area contributed by atoms with Crippen molar-refractivity contribution in [2.24, 2.45) is 0 Å². The molecule has 0 atom stereocenters. The van der Waals surface area contributed by atoms with Crippen LogP contribution in [0.15, 0.2) is 18.2 Å². The van der Waals surface area contributed by atoms with Crippen LogP contribution in [0.25, 0.3) is 0 Å². The van der Waals surface area contributed by atoms with Crippen LogP contribution in [0.1, 0.15) is 24.2 Å². The highest BCUT2D eigenvalue weighted by Gasteiger charge is 2.11. The third-order valence-corrected chi connectivity index (χ3v) is 4.19. The number of esters is 1. The Balaban J connectivity index is 2.28. The minimum absolute atomic E-state index is 0.315. The van der Waals surface area contributed by atoms with E-state index < -0.39 is 5.97 Å². The number of ether oxygens (including phenoxy) is 9. The zero-order valence-electron chi connectivity index (χ0n) is 20.7. The third-order valence-electron chi connectivity index (χ3n) is 4.19. The van der Waals surface area contributed by atoms with Crippen LogP contribution in [-0.2, 0) is 33.2 Å². The number of benzene rings is 1. The summed E-state index contributed by atoms with van der Waals surface area (Å²) in [6, 6.07) is 4.91. The summed E-state index contributed by atoms with van der Waals surface area (Å²) in [7, 11) is 1.32.